The van der Waals surface area contributed by atoms with Gasteiger partial charge in [0.2, 0.25) is 0 Å². The molecule has 0 bridgehead atoms. The van der Waals surface area contributed by atoms with Crippen molar-refractivity contribution in [3.05, 3.63) is 87.9 Å². The van der Waals surface area contributed by atoms with Gasteiger partial charge in [0.15, 0.2) is 0 Å². The van der Waals surface area contributed by atoms with E-state index >= 15 is 0 Å². The van der Waals surface area contributed by atoms with E-state index in [1.807, 2.05) is 49.4 Å². The van der Waals surface area contributed by atoms with Crippen molar-refractivity contribution in [1.29, 1.82) is 0 Å². The number of aryl methyl sites for hydroxylation is 1. The Morgan fingerprint density at radius 1 is 1.06 bits per heavy atom. The van der Waals surface area contributed by atoms with Crippen LogP contribution >= 0.6 is 11.6 Å². The van der Waals surface area contributed by atoms with Gasteiger partial charge in [-0.3, -0.25) is 4.79 Å². The second-order valence-corrected chi connectivity index (χ2v) is 8.12. The molecule has 164 valence electrons. The first-order valence-corrected chi connectivity index (χ1v) is 10.7. The summed E-state index contributed by atoms with van der Waals surface area (Å²) in [6, 6.07) is 18.2. The molecule has 7 heteroatoms. The molecule has 0 fully saturated rings. The van der Waals surface area contributed by atoms with Crippen molar-refractivity contribution in [1.82, 2.24) is 5.32 Å². The van der Waals surface area contributed by atoms with Crippen molar-refractivity contribution < 1.29 is 14.3 Å². The third kappa shape index (κ3) is 4.70. The van der Waals surface area contributed by atoms with E-state index in [2.05, 4.69) is 10.6 Å². The Morgan fingerprint density at radius 2 is 1.84 bits per heavy atom. The van der Waals surface area contributed by atoms with Crippen LogP contribution in [0.2, 0.25) is 5.02 Å². The fourth-order valence-electron chi connectivity index (χ4n) is 3.72. The molecule has 0 saturated heterocycles. The third-order valence-corrected chi connectivity index (χ3v) is 5.69. The lowest BCUT2D eigenvalue weighted by Gasteiger charge is -2.18. The molecule has 3 amide bonds. The number of carbonyl (C=O) groups is 2. The molecule has 0 saturated carbocycles. The number of anilines is 2. The number of urea groups is 1. The molecule has 0 aromatic heterocycles. The number of benzene rings is 3. The molecule has 32 heavy (non-hydrogen) atoms. The van der Waals surface area contributed by atoms with E-state index in [4.69, 9.17) is 16.3 Å². The molecule has 1 heterocycles. The topological polar surface area (TPSA) is 70.7 Å². The van der Waals surface area contributed by atoms with E-state index < -0.39 is 0 Å². The smallest absolute Gasteiger partial charge is 0.319 e. The van der Waals surface area contributed by atoms with Crippen LogP contribution in [-0.4, -0.2) is 25.6 Å². The summed E-state index contributed by atoms with van der Waals surface area (Å²) < 4.78 is 5.25. The number of hydrogen-bond acceptors (Lipinski definition) is 3. The Kier molecular flexibility index (Phi) is 6.32. The lowest BCUT2D eigenvalue weighted by Crippen LogP contribution is -2.29. The van der Waals surface area contributed by atoms with E-state index in [1.54, 1.807) is 23.1 Å². The minimum atomic E-state index is -0.376. The minimum absolute atomic E-state index is 0.0142. The van der Waals surface area contributed by atoms with Crippen LogP contribution in [0.5, 0.6) is 5.75 Å². The summed E-state index contributed by atoms with van der Waals surface area (Å²) in [7, 11) is 1.53. The van der Waals surface area contributed by atoms with Gasteiger partial charge in [-0.25, -0.2) is 4.79 Å². The van der Waals surface area contributed by atoms with Gasteiger partial charge in [-0.1, -0.05) is 41.4 Å². The zero-order chi connectivity index (χ0) is 22.7. The fourth-order valence-corrected chi connectivity index (χ4v) is 3.90. The SMILES string of the molecule is COc1ccc(Cl)cc1NC(=O)NCc1ccc2c(c1)N(C(=O)c1ccc(C)cc1)CC2. The Balaban J connectivity index is 1.44. The second-order valence-electron chi connectivity index (χ2n) is 7.69. The number of methoxy groups -OCH3 is 1. The number of halogens is 1. The van der Waals surface area contributed by atoms with Gasteiger partial charge in [-0.05, 0) is 60.9 Å². The molecule has 0 spiro atoms. The second kappa shape index (κ2) is 9.32. The van der Waals surface area contributed by atoms with Gasteiger partial charge in [0.25, 0.3) is 5.91 Å². The molecule has 3 aromatic carbocycles. The maximum Gasteiger partial charge on any atom is 0.319 e. The zero-order valence-corrected chi connectivity index (χ0v) is 18.7. The van der Waals surface area contributed by atoms with Gasteiger partial charge in [0, 0.05) is 29.4 Å². The Hall–Kier alpha value is -3.51. The number of amides is 3. The van der Waals surface area contributed by atoms with Gasteiger partial charge >= 0.3 is 6.03 Å². The molecule has 0 aliphatic carbocycles. The van der Waals surface area contributed by atoms with Gasteiger partial charge in [0.1, 0.15) is 5.75 Å². The minimum Gasteiger partial charge on any atom is -0.495 e. The van der Waals surface area contributed by atoms with Crippen molar-refractivity contribution in [3.8, 4) is 5.75 Å². The van der Waals surface area contributed by atoms with Crippen molar-refractivity contribution in [3.63, 3.8) is 0 Å². The summed E-state index contributed by atoms with van der Waals surface area (Å²) in [5, 5.41) is 6.09. The summed E-state index contributed by atoms with van der Waals surface area (Å²) >= 11 is 6.02. The van der Waals surface area contributed by atoms with Gasteiger partial charge in [0.05, 0.1) is 12.8 Å². The highest BCUT2D eigenvalue weighted by atomic mass is 35.5. The molecule has 2 N–H and O–H groups in total. The first-order chi connectivity index (χ1) is 15.4. The lowest BCUT2D eigenvalue weighted by molar-refractivity contribution is 0.0989. The highest BCUT2D eigenvalue weighted by Gasteiger charge is 2.25. The van der Waals surface area contributed by atoms with Crippen LogP contribution in [-0.2, 0) is 13.0 Å². The van der Waals surface area contributed by atoms with Crippen LogP contribution in [0.25, 0.3) is 0 Å². The molecule has 0 radical (unpaired) electrons. The average Bonchev–Trinajstić information content (AvgIpc) is 3.21. The molecule has 1 aliphatic heterocycles. The van der Waals surface area contributed by atoms with Crippen molar-refractivity contribution >= 4 is 34.9 Å². The summed E-state index contributed by atoms with van der Waals surface area (Å²) in [6.07, 6.45) is 0.815. The van der Waals surface area contributed by atoms with Crippen molar-refractivity contribution in [2.75, 3.05) is 23.9 Å². The van der Waals surface area contributed by atoms with Crippen LogP contribution in [0, 0.1) is 6.92 Å². The molecule has 4 rings (SSSR count). The van der Waals surface area contributed by atoms with Gasteiger partial charge in [-0.15, -0.1) is 0 Å². The quantitative estimate of drug-likeness (QED) is 0.563. The van der Waals surface area contributed by atoms with Crippen molar-refractivity contribution in [2.24, 2.45) is 0 Å². The zero-order valence-electron chi connectivity index (χ0n) is 17.9. The van der Waals surface area contributed by atoms with Crippen LogP contribution in [0.3, 0.4) is 0 Å². The summed E-state index contributed by atoms with van der Waals surface area (Å²) in [4.78, 5) is 27.2. The van der Waals surface area contributed by atoms with Gasteiger partial charge < -0.3 is 20.3 Å². The number of carbonyl (C=O) groups excluding carboxylic acids is 2. The molecule has 3 aromatic rings. The molecule has 6 nitrogen and oxygen atoms in total. The number of nitrogens with one attached hydrogen (secondary N) is 2. The monoisotopic (exact) mass is 449 g/mol. The predicted molar refractivity (Wildman–Crippen MR) is 127 cm³/mol. The summed E-state index contributed by atoms with van der Waals surface area (Å²) in [5.74, 6) is 0.506. The van der Waals surface area contributed by atoms with E-state index in [0.29, 0.717) is 35.1 Å². The number of nitrogens with zero attached hydrogens (tertiary/aromatic N) is 1. The van der Waals surface area contributed by atoms with Crippen LogP contribution < -0.4 is 20.3 Å². The summed E-state index contributed by atoms with van der Waals surface area (Å²) in [6.45, 7) is 2.96. The number of hydrogen-bond donors (Lipinski definition) is 2. The lowest BCUT2D eigenvalue weighted by atomic mass is 10.1. The number of ether oxygens (including phenoxy) is 1. The van der Waals surface area contributed by atoms with Crippen LogP contribution in [0.1, 0.15) is 27.0 Å². The molecular weight excluding hydrogens is 426 g/mol. The van der Waals surface area contributed by atoms with Crippen LogP contribution in [0.15, 0.2) is 60.7 Å². The van der Waals surface area contributed by atoms with E-state index in [1.165, 1.54) is 7.11 Å². The highest BCUT2D eigenvalue weighted by Crippen LogP contribution is 2.31. The highest BCUT2D eigenvalue weighted by molar-refractivity contribution is 6.31. The predicted octanol–water partition coefficient (Wildman–Crippen LogP) is 5.18. The van der Waals surface area contributed by atoms with E-state index in [9.17, 15) is 9.59 Å². The average molecular weight is 450 g/mol. The fraction of sp³-hybridized carbons (Fsp3) is 0.200. The molecular formula is C25H24ClN3O3. The number of fused-ring (bicyclic) bond motifs is 1. The maximum atomic E-state index is 13.0. The largest absolute Gasteiger partial charge is 0.495 e. The normalized spacial score (nSPS) is 12.3. The summed E-state index contributed by atoms with van der Waals surface area (Å²) in [5.41, 5.74) is 5.20. The number of rotatable bonds is 5. The van der Waals surface area contributed by atoms with Gasteiger partial charge in [-0.2, -0.15) is 0 Å². The first kappa shape index (κ1) is 21.7. The third-order valence-electron chi connectivity index (χ3n) is 5.45. The Bertz CT molecular complexity index is 1160. The van der Waals surface area contributed by atoms with E-state index in [0.717, 1.165) is 28.8 Å². The first-order valence-electron chi connectivity index (χ1n) is 10.3. The molecule has 1 aliphatic rings. The molecule has 0 atom stereocenters. The van der Waals surface area contributed by atoms with Crippen molar-refractivity contribution in [2.45, 2.75) is 19.9 Å². The Labute approximate surface area is 192 Å². The standard InChI is InChI=1S/C25H24ClN3O3/c1-16-3-6-19(7-4-16)24(30)29-12-11-18-8-5-17(13-22(18)29)15-27-25(31)28-21-14-20(26)9-10-23(21)32-2/h3-10,13-14H,11-12,15H2,1-2H3,(H2,27,28,31). The molecule has 0 unspecified atom stereocenters. The maximum absolute atomic E-state index is 13.0. The Morgan fingerprint density at radius 3 is 2.59 bits per heavy atom. The van der Waals surface area contributed by atoms with Crippen LogP contribution in [0.4, 0.5) is 16.2 Å². The van der Waals surface area contributed by atoms with E-state index in [-0.39, 0.29) is 11.9 Å².